The Bertz CT molecular complexity index is 728. The molecule has 0 aliphatic carbocycles. The number of carbonyl (C=O) groups excluding carboxylic acids is 2. The van der Waals surface area contributed by atoms with Gasteiger partial charge in [-0.2, -0.15) is 0 Å². The van der Waals surface area contributed by atoms with Crippen LogP contribution in [-0.4, -0.2) is 73.2 Å². The summed E-state index contributed by atoms with van der Waals surface area (Å²) in [6, 6.07) is 5.48. The molecule has 2 aliphatic heterocycles. The topological polar surface area (TPSA) is 79.3 Å². The molecule has 1 N–H and O–H groups in total. The van der Waals surface area contributed by atoms with Crippen LogP contribution in [0.1, 0.15) is 31.7 Å². The number of benzene rings is 1. The molecule has 2 heterocycles. The molecule has 2 amide bonds. The van der Waals surface area contributed by atoms with Gasteiger partial charge in [-0.05, 0) is 30.7 Å². The third-order valence-corrected chi connectivity index (χ3v) is 6.08. The average molecular weight is 390 g/mol. The van der Waals surface area contributed by atoms with Crippen LogP contribution in [0.2, 0.25) is 0 Å². The molecule has 0 bridgehead atoms. The fourth-order valence-electron chi connectivity index (χ4n) is 4.46. The lowest BCUT2D eigenvalue weighted by Crippen LogP contribution is -2.55. The summed E-state index contributed by atoms with van der Waals surface area (Å²) in [6.07, 6.45) is 2.11. The first-order chi connectivity index (χ1) is 13.4. The van der Waals surface area contributed by atoms with Gasteiger partial charge in [-0.1, -0.05) is 6.07 Å². The number of aliphatic hydroxyl groups excluding tert-OH is 1. The smallest absolute Gasteiger partial charge is 0.227 e. The first-order valence-electron chi connectivity index (χ1n) is 9.78. The van der Waals surface area contributed by atoms with Crippen LogP contribution in [-0.2, 0) is 16.0 Å². The first kappa shape index (κ1) is 20.5. The Balaban J connectivity index is 1.62. The molecule has 28 heavy (non-hydrogen) atoms. The highest BCUT2D eigenvalue weighted by Crippen LogP contribution is 2.40. The van der Waals surface area contributed by atoms with E-state index < -0.39 is 6.10 Å². The first-order valence-corrected chi connectivity index (χ1v) is 9.78. The third-order valence-electron chi connectivity index (χ3n) is 6.08. The summed E-state index contributed by atoms with van der Waals surface area (Å²) in [6.45, 7) is 3.93. The third kappa shape index (κ3) is 4.41. The number of β-amino-alcohol motifs (C(OH)–C–C–N with tert-alkyl or cyclic N) is 1. The summed E-state index contributed by atoms with van der Waals surface area (Å²) in [5.74, 6) is 1.41. The minimum absolute atomic E-state index is 0.00299. The quantitative estimate of drug-likeness (QED) is 0.842. The Kier molecular flexibility index (Phi) is 6.13. The summed E-state index contributed by atoms with van der Waals surface area (Å²) in [5, 5.41) is 10.2. The summed E-state index contributed by atoms with van der Waals surface area (Å²) in [5.41, 5.74) is 0.752. The van der Waals surface area contributed by atoms with Gasteiger partial charge < -0.3 is 24.4 Å². The van der Waals surface area contributed by atoms with Crippen molar-refractivity contribution in [1.29, 1.82) is 0 Å². The van der Waals surface area contributed by atoms with Crippen molar-refractivity contribution >= 4 is 11.8 Å². The standard InChI is InChI=1S/C21H30N2O5/c1-15(24)23-13-17(25)12-21(14-23)6-8-22(9-7-21)20(26)10-16-4-5-18(27-2)11-19(16)28-3/h4-5,11,17,25H,6-10,12-14H2,1-3H3. The van der Waals surface area contributed by atoms with Crippen LogP contribution < -0.4 is 9.47 Å². The lowest BCUT2D eigenvalue weighted by molar-refractivity contribution is -0.141. The molecule has 7 heteroatoms. The van der Waals surface area contributed by atoms with E-state index in [2.05, 4.69) is 0 Å². The molecule has 0 saturated carbocycles. The number of aliphatic hydroxyl groups is 1. The lowest BCUT2D eigenvalue weighted by atomic mass is 9.71. The van der Waals surface area contributed by atoms with Crippen LogP contribution in [0.5, 0.6) is 11.5 Å². The van der Waals surface area contributed by atoms with Crippen molar-refractivity contribution in [2.75, 3.05) is 40.4 Å². The second-order valence-electron chi connectivity index (χ2n) is 7.99. The molecule has 1 spiro atoms. The van der Waals surface area contributed by atoms with E-state index in [0.717, 1.165) is 18.4 Å². The number of ether oxygens (including phenoxy) is 2. The number of likely N-dealkylation sites (tertiary alicyclic amines) is 2. The maximum Gasteiger partial charge on any atom is 0.227 e. The van der Waals surface area contributed by atoms with Crippen molar-refractivity contribution in [2.24, 2.45) is 5.41 Å². The van der Waals surface area contributed by atoms with E-state index >= 15 is 0 Å². The van der Waals surface area contributed by atoms with Crippen molar-refractivity contribution in [1.82, 2.24) is 9.80 Å². The fraction of sp³-hybridized carbons (Fsp3) is 0.619. The van der Waals surface area contributed by atoms with Gasteiger partial charge in [-0.3, -0.25) is 9.59 Å². The Morgan fingerprint density at radius 2 is 1.89 bits per heavy atom. The van der Waals surface area contributed by atoms with Crippen molar-refractivity contribution in [3.63, 3.8) is 0 Å². The molecule has 7 nitrogen and oxygen atoms in total. The molecule has 1 unspecified atom stereocenters. The van der Waals surface area contributed by atoms with Crippen LogP contribution in [0.4, 0.5) is 0 Å². The Morgan fingerprint density at radius 3 is 2.50 bits per heavy atom. The molecule has 1 aromatic carbocycles. The monoisotopic (exact) mass is 390 g/mol. The number of methoxy groups -OCH3 is 2. The average Bonchev–Trinajstić information content (AvgIpc) is 2.68. The lowest BCUT2D eigenvalue weighted by Gasteiger charge is -2.49. The van der Waals surface area contributed by atoms with Crippen molar-refractivity contribution < 1.29 is 24.2 Å². The molecule has 2 aliphatic rings. The maximum atomic E-state index is 12.8. The molecule has 3 rings (SSSR count). The van der Waals surface area contributed by atoms with Gasteiger partial charge >= 0.3 is 0 Å². The summed E-state index contributed by atoms with van der Waals surface area (Å²) >= 11 is 0. The zero-order chi connectivity index (χ0) is 20.3. The van der Waals surface area contributed by atoms with Crippen LogP contribution in [0.3, 0.4) is 0 Å². The highest BCUT2D eigenvalue weighted by atomic mass is 16.5. The Morgan fingerprint density at radius 1 is 1.18 bits per heavy atom. The van der Waals surface area contributed by atoms with E-state index in [-0.39, 0.29) is 23.7 Å². The van der Waals surface area contributed by atoms with Crippen LogP contribution in [0.15, 0.2) is 18.2 Å². The number of hydrogen-bond donors (Lipinski definition) is 1. The van der Waals surface area contributed by atoms with E-state index in [1.165, 1.54) is 0 Å². The summed E-state index contributed by atoms with van der Waals surface area (Å²) in [4.78, 5) is 28.2. The molecule has 154 valence electrons. The number of nitrogens with zero attached hydrogens (tertiary/aromatic N) is 2. The molecular formula is C21H30N2O5. The number of hydrogen-bond acceptors (Lipinski definition) is 5. The minimum atomic E-state index is -0.483. The Hall–Kier alpha value is -2.28. The molecule has 1 atom stereocenters. The largest absolute Gasteiger partial charge is 0.497 e. The van der Waals surface area contributed by atoms with Gasteiger partial charge in [0, 0.05) is 44.7 Å². The van der Waals surface area contributed by atoms with E-state index in [9.17, 15) is 14.7 Å². The van der Waals surface area contributed by atoms with Gasteiger partial charge in [-0.15, -0.1) is 0 Å². The SMILES string of the molecule is COc1ccc(CC(=O)N2CCC3(CC2)CC(O)CN(C(C)=O)C3)c(OC)c1. The molecule has 2 fully saturated rings. The van der Waals surface area contributed by atoms with Gasteiger partial charge in [-0.25, -0.2) is 0 Å². The van der Waals surface area contributed by atoms with Crippen molar-refractivity contribution in [3.05, 3.63) is 23.8 Å². The normalized spacial score (nSPS) is 21.5. The van der Waals surface area contributed by atoms with Gasteiger partial charge in [0.05, 0.1) is 26.7 Å². The van der Waals surface area contributed by atoms with Gasteiger partial charge in [0.2, 0.25) is 11.8 Å². The highest BCUT2D eigenvalue weighted by Gasteiger charge is 2.42. The number of rotatable bonds is 4. The molecule has 0 radical (unpaired) electrons. The number of amides is 2. The molecule has 0 aromatic heterocycles. The predicted octanol–water partition coefficient (Wildman–Crippen LogP) is 1.47. The zero-order valence-electron chi connectivity index (χ0n) is 16.9. The summed E-state index contributed by atoms with van der Waals surface area (Å²) < 4.78 is 10.6. The van der Waals surface area contributed by atoms with Crippen LogP contribution >= 0.6 is 0 Å². The van der Waals surface area contributed by atoms with Gasteiger partial charge in [0.25, 0.3) is 0 Å². The van der Waals surface area contributed by atoms with Gasteiger partial charge in [0.1, 0.15) is 11.5 Å². The van der Waals surface area contributed by atoms with E-state index in [1.807, 2.05) is 17.0 Å². The number of carbonyl (C=O) groups is 2. The fourth-order valence-corrected chi connectivity index (χ4v) is 4.46. The molecule has 2 saturated heterocycles. The second kappa shape index (κ2) is 8.39. The van der Waals surface area contributed by atoms with E-state index in [1.54, 1.807) is 32.1 Å². The van der Waals surface area contributed by atoms with Gasteiger partial charge in [0.15, 0.2) is 0 Å². The summed E-state index contributed by atoms with van der Waals surface area (Å²) in [7, 11) is 3.18. The second-order valence-corrected chi connectivity index (χ2v) is 7.99. The number of piperidine rings is 2. The maximum absolute atomic E-state index is 12.8. The van der Waals surface area contributed by atoms with E-state index in [0.29, 0.717) is 44.1 Å². The molecule has 1 aromatic rings. The molecular weight excluding hydrogens is 360 g/mol. The highest BCUT2D eigenvalue weighted by molar-refractivity contribution is 5.79. The van der Waals surface area contributed by atoms with Crippen molar-refractivity contribution in [2.45, 2.75) is 38.7 Å². The van der Waals surface area contributed by atoms with Crippen LogP contribution in [0, 0.1) is 5.41 Å². The zero-order valence-corrected chi connectivity index (χ0v) is 16.9. The minimum Gasteiger partial charge on any atom is -0.497 e. The predicted molar refractivity (Wildman–Crippen MR) is 104 cm³/mol. The van der Waals surface area contributed by atoms with E-state index in [4.69, 9.17) is 9.47 Å². The van der Waals surface area contributed by atoms with Crippen LogP contribution in [0.25, 0.3) is 0 Å². The van der Waals surface area contributed by atoms with Crippen molar-refractivity contribution in [3.8, 4) is 11.5 Å². The Labute approximate surface area is 166 Å².